The van der Waals surface area contributed by atoms with Crippen molar-refractivity contribution in [1.29, 1.82) is 0 Å². The monoisotopic (exact) mass is 166 g/mol. The van der Waals surface area contributed by atoms with Gasteiger partial charge in [-0.1, -0.05) is 6.92 Å². The highest BCUT2D eigenvalue weighted by molar-refractivity contribution is 5.70. The van der Waals surface area contributed by atoms with E-state index in [2.05, 4.69) is 0 Å². The first-order chi connectivity index (χ1) is 5.79. The van der Waals surface area contributed by atoms with Crippen LogP contribution in [-0.2, 0) is 9.53 Å². The minimum atomic E-state index is -0.0787. The molecule has 2 aliphatic carbocycles. The van der Waals surface area contributed by atoms with Crippen molar-refractivity contribution >= 4 is 5.97 Å². The Balaban J connectivity index is 2.01. The molecule has 0 N–H and O–H groups in total. The number of carbonyl (C=O) groups is 1. The molecule has 0 aromatic rings. The summed E-state index contributed by atoms with van der Waals surface area (Å²) in [5.74, 6) is 1.71. The molecule has 2 heteroatoms. The van der Waals surface area contributed by atoms with Crippen molar-refractivity contribution in [3.8, 4) is 0 Å². The Morgan fingerprint density at radius 1 is 1.58 bits per heavy atom. The summed E-state index contributed by atoms with van der Waals surface area (Å²) in [6.45, 7) is 1.83. The largest absolute Gasteiger partial charge is 0.431 e. The molecule has 0 radical (unpaired) electrons. The molecular weight excluding hydrogens is 152 g/mol. The maximum absolute atomic E-state index is 11.0. The standard InChI is InChI=1S/C10H14O2/c1-2-10(11)12-9-6-7-3-4-8(9)5-7/h7H,2-6H2,1H3. The van der Waals surface area contributed by atoms with Crippen molar-refractivity contribution in [2.45, 2.75) is 39.0 Å². The van der Waals surface area contributed by atoms with E-state index in [0.717, 1.165) is 24.5 Å². The first kappa shape index (κ1) is 7.84. The van der Waals surface area contributed by atoms with Crippen LogP contribution in [0.3, 0.4) is 0 Å². The van der Waals surface area contributed by atoms with Gasteiger partial charge in [-0.25, -0.2) is 0 Å². The zero-order valence-electron chi connectivity index (χ0n) is 7.43. The van der Waals surface area contributed by atoms with E-state index in [1.165, 1.54) is 18.4 Å². The molecule has 1 unspecified atom stereocenters. The van der Waals surface area contributed by atoms with Crippen LogP contribution in [-0.4, -0.2) is 5.97 Å². The molecule has 1 fully saturated rings. The van der Waals surface area contributed by atoms with Crippen LogP contribution in [0.25, 0.3) is 0 Å². The van der Waals surface area contributed by atoms with Crippen LogP contribution in [0, 0.1) is 5.92 Å². The molecule has 0 amide bonds. The Morgan fingerprint density at radius 2 is 2.42 bits per heavy atom. The smallest absolute Gasteiger partial charge is 0.310 e. The van der Waals surface area contributed by atoms with Crippen LogP contribution in [0.15, 0.2) is 11.3 Å². The summed E-state index contributed by atoms with van der Waals surface area (Å²) in [6.07, 6.45) is 5.16. The van der Waals surface area contributed by atoms with Gasteiger partial charge in [-0.15, -0.1) is 0 Å². The van der Waals surface area contributed by atoms with E-state index in [1.807, 2.05) is 6.92 Å². The first-order valence-electron chi connectivity index (χ1n) is 4.71. The fourth-order valence-electron chi connectivity index (χ4n) is 2.09. The van der Waals surface area contributed by atoms with Crippen LogP contribution in [0.1, 0.15) is 39.0 Å². The highest BCUT2D eigenvalue weighted by Crippen LogP contribution is 2.44. The van der Waals surface area contributed by atoms with E-state index < -0.39 is 0 Å². The van der Waals surface area contributed by atoms with E-state index in [-0.39, 0.29) is 5.97 Å². The predicted molar refractivity (Wildman–Crippen MR) is 45.4 cm³/mol. The molecule has 2 rings (SSSR count). The molecule has 0 spiro atoms. The van der Waals surface area contributed by atoms with Crippen LogP contribution in [0.4, 0.5) is 0 Å². The number of hydrogen-bond acceptors (Lipinski definition) is 2. The minimum Gasteiger partial charge on any atom is -0.431 e. The van der Waals surface area contributed by atoms with Gasteiger partial charge in [0.1, 0.15) is 5.76 Å². The molecule has 66 valence electrons. The molecule has 2 bridgehead atoms. The van der Waals surface area contributed by atoms with E-state index in [0.29, 0.717) is 6.42 Å². The molecule has 1 saturated carbocycles. The molecule has 0 heterocycles. The van der Waals surface area contributed by atoms with Gasteiger partial charge in [-0.2, -0.15) is 0 Å². The van der Waals surface area contributed by atoms with E-state index in [4.69, 9.17) is 4.74 Å². The van der Waals surface area contributed by atoms with Crippen LogP contribution < -0.4 is 0 Å². The fraction of sp³-hybridized carbons (Fsp3) is 0.700. The Labute approximate surface area is 72.6 Å². The maximum atomic E-state index is 11.0. The Bertz CT molecular complexity index is 240. The van der Waals surface area contributed by atoms with Gasteiger partial charge in [0.15, 0.2) is 0 Å². The summed E-state index contributed by atoms with van der Waals surface area (Å²) in [6, 6.07) is 0. The van der Waals surface area contributed by atoms with Crippen molar-refractivity contribution in [1.82, 2.24) is 0 Å². The van der Waals surface area contributed by atoms with Gasteiger partial charge < -0.3 is 4.74 Å². The van der Waals surface area contributed by atoms with Crippen LogP contribution >= 0.6 is 0 Å². The molecule has 12 heavy (non-hydrogen) atoms. The summed E-state index contributed by atoms with van der Waals surface area (Å²) in [4.78, 5) is 11.0. The van der Waals surface area contributed by atoms with Gasteiger partial charge in [-0.05, 0) is 30.8 Å². The Morgan fingerprint density at radius 3 is 2.92 bits per heavy atom. The highest BCUT2D eigenvalue weighted by atomic mass is 16.5. The third-order valence-corrected chi connectivity index (χ3v) is 2.78. The average Bonchev–Trinajstić information content (AvgIpc) is 2.64. The molecule has 0 saturated heterocycles. The lowest BCUT2D eigenvalue weighted by molar-refractivity contribution is -0.139. The molecule has 0 aliphatic heterocycles. The SMILES string of the molecule is CCC(=O)OC1=C2CCC(C2)C1. The topological polar surface area (TPSA) is 26.3 Å². The summed E-state index contributed by atoms with van der Waals surface area (Å²) < 4.78 is 5.24. The Hall–Kier alpha value is -0.790. The second kappa shape index (κ2) is 2.92. The number of rotatable bonds is 2. The lowest BCUT2D eigenvalue weighted by atomic mass is 10.1. The van der Waals surface area contributed by atoms with Gasteiger partial charge in [0, 0.05) is 12.8 Å². The van der Waals surface area contributed by atoms with Crippen molar-refractivity contribution in [3.05, 3.63) is 11.3 Å². The normalized spacial score (nSPS) is 26.6. The lowest BCUT2D eigenvalue weighted by Gasteiger charge is -2.11. The van der Waals surface area contributed by atoms with E-state index >= 15 is 0 Å². The third kappa shape index (κ3) is 1.26. The quantitative estimate of drug-likeness (QED) is 0.589. The molecule has 2 nitrogen and oxygen atoms in total. The fourth-order valence-corrected chi connectivity index (χ4v) is 2.09. The van der Waals surface area contributed by atoms with Crippen molar-refractivity contribution in [2.24, 2.45) is 5.92 Å². The predicted octanol–water partition coefficient (Wildman–Crippen LogP) is 2.40. The number of carbonyl (C=O) groups excluding carboxylic acids is 1. The first-order valence-corrected chi connectivity index (χ1v) is 4.71. The van der Waals surface area contributed by atoms with Gasteiger partial charge in [0.25, 0.3) is 0 Å². The molecule has 1 atom stereocenters. The van der Waals surface area contributed by atoms with Crippen LogP contribution in [0.2, 0.25) is 0 Å². The summed E-state index contributed by atoms with van der Waals surface area (Å²) >= 11 is 0. The molecular formula is C10H14O2. The van der Waals surface area contributed by atoms with Crippen molar-refractivity contribution < 1.29 is 9.53 Å². The average molecular weight is 166 g/mol. The summed E-state index contributed by atoms with van der Waals surface area (Å²) in [5.41, 5.74) is 1.40. The van der Waals surface area contributed by atoms with Crippen molar-refractivity contribution in [3.63, 3.8) is 0 Å². The van der Waals surface area contributed by atoms with Crippen molar-refractivity contribution in [2.75, 3.05) is 0 Å². The zero-order valence-corrected chi connectivity index (χ0v) is 7.43. The second-order valence-electron chi connectivity index (χ2n) is 3.67. The zero-order chi connectivity index (χ0) is 8.55. The van der Waals surface area contributed by atoms with Gasteiger partial charge >= 0.3 is 5.97 Å². The molecule has 0 aromatic carbocycles. The molecule has 2 aliphatic rings. The number of hydrogen-bond donors (Lipinski definition) is 0. The summed E-state index contributed by atoms with van der Waals surface area (Å²) in [7, 11) is 0. The van der Waals surface area contributed by atoms with Crippen LogP contribution in [0.5, 0.6) is 0 Å². The van der Waals surface area contributed by atoms with Gasteiger partial charge in [0.2, 0.25) is 0 Å². The Kier molecular flexibility index (Phi) is 1.91. The van der Waals surface area contributed by atoms with E-state index in [1.54, 1.807) is 0 Å². The highest BCUT2D eigenvalue weighted by Gasteiger charge is 2.32. The summed E-state index contributed by atoms with van der Waals surface area (Å²) in [5, 5.41) is 0. The number of allylic oxidation sites excluding steroid dienone is 2. The number of esters is 1. The van der Waals surface area contributed by atoms with Gasteiger partial charge in [-0.3, -0.25) is 4.79 Å². The lowest BCUT2D eigenvalue weighted by Crippen LogP contribution is -2.05. The second-order valence-corrected chi connectivity index (χ2v) is 3.67. The number of fused-ring (bicyclic) bond motifs is 2. The maximum Gasteiger partial charge on any atom is 0.310 e. The minimum absolute atomic E-state index is 0.0787. The molecule has 0 aromatic heterocycles. The number of ether oxygens (including phenoxy) is 1. The van der Waals surface area contributed by atoms with Gasteiger partial charge in [0.05, 0.1) is 0 Å². The van der Waals surface area contributed by atoms with E-state index in [9.17, 15) is 4.79 Å². The third-order valence-electron chi connectivity index (χ3n) is 2.78.